The molecule has 0 heterocycles. The summed E-state index contributed by atoms with van der Waals surface area (Å²) in [6.07, 6.45) is 2.75. The molecule has 0 saturated heterocycles. The van der Waals surface area contributed by atoms with E-state index in [1.807, 2.05) is 50.2 Å². The van der Waals surface area contributed by atoms with Gasteiger partial charge in [-0.15, -0.1) is 0 Å². The lowest BCUT2D eigenvalue weighted by Crippen LogP contribution is -2.54. The highest BCUT2D eigenvalue weighted by molar-refractivity contribution is 5.99. The maximum atomic E-state index is 13.9. The zero-order valence-electron chi connectivity index (χ0n) is 23.5. The quantitative estimate of drug-likeness (QED) is 0.327. The van der Waals surface area contributed by atoms with E-state index in [9.17, 15) is 19.5 Å². The molecule has 0 aliphatic rings. The van der Waals surface area contributed by atoms with E-state index in [-0.39, 0.29) is 12.5 Å². The van der Waals surface area contributed by atoms with Gasteiger partial charge in [-0.3, -0.25) is 9.59 Å². The Balaban J connectivity index is 2.47. The van der Waals surface area contributed by atoms with Crippen molar-refractivity contribution in [1.29, 1.82) is 0 Å². The number of nitrogens with zero attached hydrogens (tertiary/aromatic N) is 1. The standard InChI is InChI=1S/C30H43N3O5/c1-7-8-9-13-19-33(28(36)24(20-34)31-29(37)38-30(4,5)6)26(23-17-11-10-12-18-23)27(35)32-25-21(2)15-14-16-22(25)3/h10-12,14-18,24,26,34H,7-9,13,19-20H2,1-6H3,(H,31,37)(H,32,35). The highest BCUT2D eigenvalue weighted by atomic mass is 16.6. The van der Waals surface area contributed by atoms with Gasteiger partial charge >= 0.3 is 6.09 Å². The average molecular weight is 526 g/mol. The van der Waals surface area contributed by atoms with E-state index in [4.69, 9.17) is 4.74 Å². The average Bonchev–Trinajstić information content (AvgIpc) is 2.85. The van der Waals surface area contributed by atoms with E-state index in [2.05, 4.69) is 17.6 Å². The topological polar surface area (TPSA) is 108 Å². The first-order valence-electron chi connectivity index (χ1n) is 13.3. The Morgan fingerprint density at radius 1 is 0.947 bits per heavy atom. The van der Waals surface area contributed by atoms with Gasteiger partial charge in [-0.1, -0.05) is 74.7 Å². The summed E-state index contributed by atoms with van der Waals surface area (Å²) in [6.45, 7) is 10.7. The van der Waals surface area contributed by atoms with Gasteiger partial charge in [0.1, 0.15) is 17.7 Å². The molecular weight excluding hydrogens is 482 g/mol. The Bertz CT molecular complexity index is 1050. The maximum Gasteiger partial charge on any atom is 0.408 e. The van der Waals surface area contributed by atoms with E-state index in [0.717, 1.165) is 30.4 Å². The molecule has 38 heavy (non-hydrogen) atoms. The van der Waals surface area contributed by atoms with Crippen LogP contribution in [0.4, 0.5) is 10.5 Å². The molecular formula is C30H43N3O5. The molecule has 2 unspecified atom stereocenters. The summed E-state index contributed by atoms with van der Waals surface area (Å²) in [5.41, 5.74) is 2.37. The van der Waals surface area contributed by atoms with Crippen LogP contribution in [-0.4, -0.2) is 52.7 Å². The lowest BCUT2D eigenvalue weighted by atomic mass is 10.0. The minimum atomic E-state index is -1.27. The number of carbonyl (C=O) groups is 3. The van der Waals surface area contributed by atoms with Crippen LogP contribution in [0, 0.1) is 13.8 Å². The zero-order chi connectivity index (χ0) is 28.3. The summed E-state index contributed by atoms with van der Waals surface area (Å²) in [7, 11) is 0. The molecule has 2 aromatic carbocycles. The van der Waals surface area contributed by atoms with Crippen molar-refractivity contribution < 1.29 is 24.2 Å². The van der Waals surface area contributed by atoms with Gasteiger partial charge in [-0.2, -0.15) is 0 Å². The minimum Gasteiger partial charge on any atom is -0.444 e. The van der Waals surface area contributed by atoms with Gasteiger partial charge in [-0.05, 0) is 57.7 Å². The Morgan fingerprint density at radius 3 is 2.13 bits per heavy atom. The number of carbonyl (C=O) groups excluding carboxylic acids is 3. The number of amides is 3. The van der Waals surface area contributed by atoms with E-state index in [1.54, 1.807) is 32.9 Å². The number of ether oxygens (including phenoxy) is 1. The van der Waals surface area contributed by atoms with Crippen LogP contribution in [0.15, 0.2) is 48.5 Å². The van der Waals surface area contributed by atoms with E-state index in [1.165, 1.54) is 4.90 Å². The number of unbranched alkanes of at least 4 members (excludes halogenated alkanes) is 3. The fourth-order valence-electron chi connectivity index (χ4n) is 4.22. The van der Waals surface area contributed by atoms with Gasteiger partial charge in [0.15, 0.2) is 0 Å². The summed E-state index contributed by atoms with van der Waals surface area (Å²) in [4.78, 5) is 41.7. The van der Waals surface area contributed by atoms with Gasteiger partial charge in [-0.25, -0.2) is 4.79 Å². The predicted molar refractivity (Wildman–Crippen MR) is 150 cm³/mol. The third-order valence-electron chi connectivity index (χ3n) is 6.11. The number of alkyl carbamates (subject to hydrolysis) is 1. The molecule has 8 heteroatoms. The summed E-state index contributed by atoms with van der Waals surface area (Å²) in [6, 6.07) is 12.6. The van der Waals surface area contributed by atoms with E-state index in [0.29, 0.717) is 17.7 Å². The molecule has 2 rings (SSSR count). The number of nitrogens with one attached hydrogen (secondary N) is 2. The molecule has 0 radical (unpaired) electrons. The van der Waals surface area contributed by atoms with E-state index >= 15 is 0 Å². The zero-order valence-corrected chi connectivity index (χ0v) is 23.5. The summed E-state index contributed by atoms with van der Waals surface area (Å²) in [5, 5.41) is 15.6. The molecule has 208 valence electrons. The van der Waals surface area contributed by atoms with Crippen LogP contribution in [0.2, 0.25) is 0 Å². The van der Waals surface area contributed by atoms with Gasteiger partial charge in [0.05, 0.1) is 6.61 Å². The maximum absolute atomic E-state index is 13.9. The van der Waals surface area contributed by atoms with Crippen molar-refractivity contribution in [1.82, 2.24) is 10.2 Å². The highest BCUT2D eigenvalue weighted by Gasteiger charge is 2.36. The van der Waals surface area contributed by atoms with Gasteiger partial charge < -0.3 is 25.4 Å². The van der Waals surface area contributed by atoms with Crippen LogP contribution in [-0.2, 0) is 14.3 Å². The molecule has 0 fully saturated rings. The van der Waals surface area contributed by atoms with Crippen molar-refractivity contribution in [2.24, 2.45) is 0 Å². The second kappa shape index (κ2) is 14.5. The fourth-order valence-corrected chi connectivity index (χ4v) is 4.22. The Morgan fingerprint density at radius 2 is 1.58 bits per heavy atom. The van der Waals surface area contributed by atoms with Crippen molar-refractivity contribution in [3.63, 3.8) is 0 Å². The first-order chi connectivity index (χ1) is 18.0. The number of hydrogen-bond acceptors (Lipinski definition) is 5. The van der Waals surface area contributed by atoms with Crippen molar-refractivity contribution in [3.8, 4) is 0 Å². The Hall–Kier alpha value is -3.39. The van der Waals surface area contributed by atoms with Crippen LogP contribution in [0.25, 0.3) is 0 Å². The number of benzene rings is 2. The number of anilines is 1. The van der Waals surface area contributed by atoms with Crippen molar-refractivity contribution >= 4 is 23.6 Å². The van der Waals surface area contributed by atoms with Gasteiger partial charge in [0.25, 0.3) is 5.91 Å². The summed E-state index contributed by atoms with van der Waals surface area (Å²) in [5.74, 6) is -0.924. The highest BCUT2D eigenvalue weighted by Crippen LogP contribution is 2.27. The number of hydrogen-bond donors (Lipinski definition) is 3. The molecule has 3 N–H and O–H groups in total. The van der Waals surface area contributed by atoms with Crippen LogP contribution >= 0.6 is 0 Å². The van der Waals surface area contributed by atoms with Gasteiger partial charge in [0, 0.05) is 12.2 Å². The largest absolute Gasteiger partial charge is 0.444 e. The smallest absolute Gasteiger partial charge is 0.408 e. The molecule has 0 spiro atoms. The van der Waals surface area contributed by atoms with Crippen LogP contribution in [0.5, 0.6) is 0 Å². The van der Waals surface area contributed by atoms with Crippen LogP contribution in [0.3, 0.4) is 0 Å². The minimum absolute atomic E-state index is 0.283. The number of aliphatic hydroxyl groups excluding tert-OH is 1. The molecule has 2 aromatic rings. The first kappa shape index (κ1) is 30.8. The van der Waals surface area contributed by atoms with Gasteiger partial charge in [0.2, 0.25) is 5.91 Å². The lowest BCUT2D eigenvalue weighted by Gasteiger charge is -2.34. The first-order valence-corrected chi connectivity index (χ1v) is 13.3. The normalized spacial score (nSPS) is 12.8. The van der Waals surface area contributed by atoms with Crippen molar-refractivity contribution in [3.05, 3.63) is 65.2 Å². The molecule has 8 nitrogen and oxygen atoms in total. The number of rotatable bonds is 12. The second-order valence-corrected chi connectivity index (χ2v) is 10.5. The number of aliphatic hydroxyl groups is 1. The Kier molecular flexibility index (Phi) is 11.8. The molecule has 0 saturated carbocycles. The fraction of sp³-hybridized carbons (Fsp3) is 0.500. The van der Waals surface area contributed by atoms with Crippen LogP contribution < -0.4 is 10.6 Å². The molecule has 0 aliphatic carbocycles. The lowest BCUT2D eigenvalue weighted by molar-refractivity contribution is -0.141. The third-order valence-corrected chi connectivity index (χ3v) is 6.11. The third kappa shape index (κ3) is 9.17. The van der Waals surface area contributed by atoms with Crippen molar-refractivity contribution in [2.75, 3.05) is 18.5 Å². The summed E-state index contributed by atoms with van der Waals surface area (Å²) < 4.78 is 5.30. The van der Waals surface area contributed by atoms with E-state index < -0.39 is 36.3 Å². The predicted octanol–water partition coefficient (Wildman–Crippen LogP) is 5.28. The van der Waals surface area contributed by atoms with Crippen molar-refractivity contribution in [2.45, 2.75) is 84.9 Å². The molecule has 0 aromatic heterocycles. The monoisotopic (exact) mass is 525 g/mol. The summed E-state index contributed by atoms with van der Waals surface area (Å²) >= 11 is 0. The molecule has 0 aliphatic heterocycles. The molecule has 2 atom stereocenters. The second-order valence-electron chi connectivity index (χ2n) is 10.5. The Labute approximate surface area is 226 Å². The number of para-hydroxylation sites is 1. The molecule has 0 bridgehead atoms. The van der Waals surface area contributed by atoms with Crippen LogP contribution in [0.1, 0.15) is 76.1 Å². The molecule has 3 amide bonds. The SMILES string of the molecule is CCCCCCN(C(=O)C(CO)NC(=O)OC(C)(C)C)C(C(=O)Nc1c(C)cccc1C)c1ccccc1. The number of aryl methyl sites for hydroxylation is 2.